The first-order valence-electron chi connectivity index (χ1n) is 5.41. The van der Waals surface area contributed by atoms with E-state index in [0.717, 1.165) is 12.8 Å². The molecule has 1 unspecified atom stereocenters. The number of aryl methyl sites for hydroxylation is 1. The number of aromatic amines is 1. The normalized spacial score (nSPS) is 24.0. The van der Waals surface area contributed by atoms with Crippen molar-refractivity contribution in [1.29, 1.82) is 0 Å². The van der Waals surface area contributed by atoms with Crippen LogP contribution in [0.4, 0.5) is 0 Å². The third kappa shape index (κ3) is 2.86. The van der Waals surface area contributed by atoms with Crippen molar-refractivity contribution in [1.82, 2.24) is 9.55 Å². The van der Waals surface area contributed by atoms with E-state index >= 15 is 0 Å². The minimum atomic E-state index is -0.417. The first-order chi connectivity index (χ1) is 8.11. The molecule has 0 spiro atoms. The minimum absolute atomic E-state index is 0.0594. The molecule has 1 N–H and O–H groups in total. The van der Waals surface area contributed by atoms with Gasteiger partial charge in [-0.1, -0.05) is 0 Å². The van der Waals surface area contributed by atoms with Crippen LogP contribution in [0, 0.1) is 6.92 Å². The van der Waals surface area contributed by atoms with Crippen LogP contribution in [0.3, 0.4) is 0 Å². The molecule has 2 heterocycles. The molecule has 0 aromatic carbocycles. The molecule has 6 nitrogen and oxygen atoms in total. The van der Waals surface area contributed by atoms with Crippen molar-refractivity contribution in [2.45, 2.75) is 32.1 Å². The quantitative estimate of drug-likeness (QED) is 0.665. The fourth-order valence-corrected chi connectivity index (χ4v) is 2.76. The average molecular weight is 430 g/mol. The fourth-order valence-electron chi connectivity index (χ4n) is 1.92. The van der Waals surface area contributed by atoms with E-state index in [4.69, 9.17) is 7.42 Å². The van der Waals surface area contributed by atoms with Crippen molar-refractivity contribution in [3.05, 3.63) is 32.6 Å². The zero-order chi connectivity index (χ0) is 12.4. The molecular formula is C10H13N2O4Tl. The zero-order valence-corrected chi connectivity index (χ0v) is 14.0. The Balaban J connectivity index is 2.22. The maximum atomic E-state index is 11.6. The number of ether oxygens (including phenoxy) is 1. The number of nitrogens with zero attached hydrogens (tertiary/aromatic N) is 1. The molecule has 90 valence electrons. The molecule has 0 radical (unpaired) electrons. The van der Waals surface area contributed by atoms with Crippen LogP contribution in [-0.2, 0) is 7.42 Å². The van der Waals surface area contributed by atoms with E-state index in [-0.39, 0.29) is 17.9 Å². The number of H-pyrrole nitrogens is 1. The summed E-state index contributed by atoms with van der Waals surface area (Å²) < 4.78 is 12.3. The van der Waals surface area contributed by atoms with E-state index in [9.17, 15) is 9.59 Å². The summed E-state index contributed by atoms with van der Waals surface area (Å²) in [6, 6.07) is 0. The molecule has 7 heteroatoms. The molecule has 1 saturated heterocycles. The van der Waals surface area contributed by atoms with Gasteiger partial charge in [0.1, 0.15) is 0 Å². The first-order valence-corrected chi connectivity index (χ1v) is 7.24. The second-order valence-corrected chi connectivity index (χ2v) is 5.40. The second kappa shape index (κ2) is 5.44. The van der Waals surface area contributed by atoms with Gasteiger partial charge in [0.2, 0.25) is 0 Å². The summed E-state index contributed by atoms with van der Waals surface area (Å²) in [6.45, 7) is 2.27. The summed E-state index contributed by atoms with van der Waals surface area (Å²) in [5, 5.41) is 0. The molecule has 0 bridgehead atoms. The van der Waals surface area contributed by atoms with Gasteiger partial charge in [0.25, 0.3) is 0 Å². The van der Waals surface area contributed by atoms with E-state index in [0.29, 0.717) is 38.4 Å². The Labute approximate surface area is 114 Å². The van der Waals surface area contributed by atoms with Gasteiger partial charge in [0.05, 0.1) is 0 Å². The third-order valence-corrected chi connectivity index (χ3v) is 3.57. The number of hydrogen-bond acceptors (Lipinski definition) is 4. The molecule has 0 saturated carbocycles. The second-order valence-electron chi connectivity index (χ2n) is 4.10. The Hall–Kier alpha value is -0.478. The van der Waals surface area contributed by atoms with Crippen molar-refractivity contribution in [2.75, 3.05) is 6.61 Å². The van der Waals surface area contributed by atoms with Crippen LogP contribution in [-0.4, -0.2) is 48.5 Å². The summed E-state index contributed by atoms with van der Waals surface area (Å²) in [5.74, 6) is 0. The Morgan fingerprint density at radius 1 is 1.59 bits per heavy atom. The van der Waals surface area contributed by atoms with Crippen LogP contribution in [0.25, 0.3) is 0 Å². The molecule has 1 aromatic rings. The van der Waals surface area contributed by atoms with Gasteiger partial charge in [0, 0.05) is 0 Å². The Morgan fingerprint density at radius 3 is 3.06 bits per heavy atom. The van der Waals surface area contributed by atoms with E-state index in [2.05, 4.69) is 4.98 Å². The number of aromatic nitrogens is 2. The molecule has 1 aliphatic heterocycles. The van der Waals surface area contributed by atoms with Crippen LogP contribution >= 0.6 is 0 Å². The fraction of sp³-hybridized carbons (Fsp3) is 0.600. The van der Waals surface area contributed by atoms with E-state index in [1.54, 1.807) is 13.1 Å². The predicted molar refractivity (Wildman–Crippen MR) is 60.9 cm³/mol. The zero-order valence-electron chi connectivity index (χ0n) is 9.51. The summed E-state index contributed by atoms with van der Waals surface area (Å²) >= 11 is 0.501. The van der Waals surface area contributed by atoms with Gasteiger partial charge in [-0.2, -0.15) is 0 Å². The standard InChI is InChI=1S/C10H13N2O4.Tl/c1-6-4-12(10(15)11-9(6)14)8-3-2-7(5-13)16-8;/h4,7-8H,2-3,5H2,1H3,(H,11,14,15);/q-1;+1/t7-,8?;/m1./s1. The number of rotatable bonds is 3. The van der Waals surface area contributed by atoms with Crippen LogP contribution in [0.1, 0.15) is 24.6 Å². The number of nitrogens with one attached hydrogen (secondary N) is 1. The topological polar surface area (TPSA) is 73.3 Å². The summed E-state index contributed by atoms with van der Waals surface area (Å²) in [6.07, 6.45) is 2.97. The van der Waals surface area contributed by atoms with Gasteiger partial charge in [-0.25, -0.2) is 0 Å². The monoisotopic (exact) mass is 430 g/mol. The van der Waals surface area contributed by atoms with E-state index in [1.165, 1.54) is 4.57 Å². The van der Waals surface area contributed by atoms with E-state index in [1.807, 2.05) is 0 Å². The van der Waals surface area contributed by atoms with Gasteiger partial charge in [-0.15, -0.1) is 0 Å². The molecule has 0 aliphatic carbocycles. The number of hydrogen-bond donors (Lipinski definition) is 1. The van der Waals surface area contributed by atoms with Gasteiger partial charge in [0.15, 0.2) is 0 Å². The summed E-state index contributed by atoms with van der Waals surface area (Å²) in [4.78, 5) is 25.2. The van der Waals surface area contributed by atoms with Gasteiger partial charge >= 0.3 is 114 Å². The molecule has 2 atom stereocenters. The third-order valence-electron chi connectivity index (χ3n) is 2.82. The van der Waals surface area contributed by atoms with Crippen LogP contribution in [0.5, 0.6) is 0 Å². The first kappa shape index (κ1) is 13.0. The predicted octanol–water partition coefficient (Wildman–Crippen LogP) is -0.377. The van der Waals surface area contributed by atoms with Crippen LogP contribution in [0.15, 0.2) is 15.8 Å². The Morgan fingerprint density at radius 2 is 2.35 bits per heavy atom. The average Bonchev–Trinajstić information content (AvgIpc) is 2.72. The van der Waals surface area contributed by atoms with Crippen molar-refractivity contribution < 1.29 is 7.42 Å². The Kier molecular flexibility index (Phi) is 4.15. The molecule has 2 rings (SSSR count). The molecule has 1 aliphatic rings. The maximum absolute atomic E-state index is 11.6. The van der Waals surface area contributed by atoms with Gasteiger partial charge in [-0.05, 0) is 0 Å². The SMILES string of the molecule is Cc1cn(C2CC[C@H](C[O][Tl])O2)c(=O)[nH]c1=O. The van der Waals surface area contributed by atoms with Crippen LogP contribution < -0.4 is 11.2 Å². The summed E-state index contributed by atoms with van der Waals surface area (Å²) in [5.41, 5.74) is -0.248. The van der Waals surface area contributed by atoms with Crippen molar-refractivity contribution >= 4 is 26.2 Å². The molecule has 17 heavy (non-hydrogen) atoms. The molecule has 1 aromatic heterocycles. The Bertz CT molecular complexity index is 510. The molecule has 0 amide bonds. The molecule has 1 fully saturated rings. The van der Waals surface area contributed by atoms with Gasteiger partial charge in [-0.3, -0.25) is 0 Å². The van der Waals surface area contributed by atoms with Crippen molar-refractivity contribution in [3.8, 4) is 0 Å². The van der Waals surface area contributed by atoms with Gasteiger partial charge < -0.3 is 0 Å². The summed E-state index contributed by atoms with van der Waals surface area (Å²) in [7, 11) is 0. The van der Waals surface area contributed by atoms with Crippen molar-refractivity contribution in [3.63, 3.8) is 0 Å². The van der Waals surface area contributed by atoms with Crippen LogP contribution in [0.2, 0.25) is 0 Å². The van der Waals surface area contributed by atoms with Crippen molar-refractivity contribution in [2.24, 2.45) is 0 Å². The molecular weight excluding hydrogens is 417 g/mol. The van der Waals surface area contributed by atoms with E-state index < -0.39 is 5.69 Å².